The molecule has 0 radical (unpaired) electrons. The normalized spacial score (nSPS) is 11.1. The first-order chi connectivity index (χ1) is 15.1. The first kappa shape index (κ1) is 20.9. The maximum absolute atomic E-state index is 12.3. The van der Waals surface area contributed by atoms with Crippen LogP contribution < -0.4 is 5.32 Å². The molecule has 4 rings (SSSR count). The van der Waals surface area contributed by atoms with Gasteiger partial charge >= 0.3 is 0 Å². The van der Waals surface area contributed by atoms with Crippen molar-refractivity contribution in [2.75, 3.05) is 11.1 Å². The van der Waals surface area contributed by atoms with Crippen LogP contribution in [-0.2, 0) is 4.79 Å². The van der Waals surface area contributed by atoms with Gasteiger partial charge in [0.25, 0.3) is 0 Å². The van der Waals surface area contributed by atoms with Gasteiger partial charge in [-0.3, -0.25) is 9.59 Å². The van der Waals surface area contributed by atoms with E-state index in [4.69, 9.17) is 11.6 Å². The van der Waals surface area contributed by atoms with Crippen LogP contribution in [0.5, 0.6) is 0 Å². The lowest BCUT2D eigenvalue weighted by molar-refractivity contribution is -0.113. The molecule has 1 heterocycles. The van der Waals surface area contributed by atoms with Gasteiger partial charge < -0.3 is 10.3 Å². The Labute approximate surface area is 188 Å². The number of allylic oxidation sites excluding steroid dienone is 1. The lowest BCUT2D eigenvalue weighted by atomic mass is 10.1. The number of amides is 1. The predicted molar refractivity (Wildman–Crippen MR) is 127 cm³/mol. The zero-order valence-corrected chi connectivity index (χ0v) is 17.9. The highest BCUT2D eigenvalue weighted by Gasteiger charge is 2.08. The standard InChI is InChI=1S/C24H18ClN3O2S/c25-18-10-5-16(6-11-18)7-14-22(29)17-8-12-19(13-9-17)26-23(30)15-31-24-27-20-3-1-2-4-21(20)28-24/h1-14H,15H2,(H,26,30)(H,27,28)/b14-7+. The van der Waals surface area contributed by atoms with Gasteiger partial charge in [0.1, 0.15) is 0 Å². The highest BCUT2D eigenvalue weighted by atomic mass is 35.5. The summed E-state index contributed by atoms with van der Waals surface area (Å²) in [5, 5.41) is 4.18. The molecule has 1 amide bonds. The lowest BCUT2D eigenvalue weighted by Gasteiger charge is -2.05. The van der Waals surface area contributed by atoms with Crippen molar-refractivity contribution in [2.24, 2.45) is 0 Å². The summed E-state index contributed by atoms with van der Waals surface area (Å²) in [5.74, 6) is -0.0370. The molecule has 0 bridgehead atoms. The summed E-state index contributed by atoms with van der Waals surface area (Å²) >= 11 is 7.20. The second kappa shape index (κ2) is 9.64. The van der Waals surface area contributed by atoms with E-state index in [2.05, 4.69) is 15.3 Å². The molecule has 0 saturated carbocycles. The molecule has 31 heavy (non-hydrogen) atoms. The summed E-state index contributed by atoms with van der Waals surface area (Å²) in [6.45, 7) is 0. The van der Waals surface area contributed by atoms with Crippen LogP contribution in [0.2, 0.25) is 5.02 Å². The topological polar surface area (TPSA) is 74.8 Å². The third-order valence-electron chi connectivity index (χ3n) is 4.46. The van der Waals surface area contributed by atoms with Crippen molar-refractivity contribution >= 4 is 57.9 Å². The van der Waals surface area contributed by atoms with Crippen LogP contribution in [-0.4, -0.2) is 27.4 Å². The SMILES string of the molecule is O=C(CSc1nc2ccccc2[nH]1)Nc1ccc(C(=O)/C=C/c2ccc(Cl)cc2)cc1. The van der Waals surface area contributed by atoms with E-state index >= 15 is 0 Å². The number of thioether (sulfide) groups is 1. The van der Waals surface area contributed by atoms with Gasteiger partial charge in [-0.2, -0.15) is 0 Å². The number of imidazole rings is 1. The highest BCUT2D eigenvalue weighted by molar-refractivity contribution is 7.99. The fourth-order valence-corrected chi connectivity index (χ4v) is 3.70. The molecular formula is C24H18ClN3O2S. The van der Waals surface area contributed by atoms with E-state index in [0.29, 0.717) is 21.4 Å². The fourth-order valence-electron chi connectivity index (χ4n) is 2.89. The number of aromatic nitrogens is 2. The molecule has 0 aliphatic heterocycles. The van der Waals surface area contributed by atoms with Crippen molar-refractivity contribution in [1.29, 1.82) is 0 Å². The number of carbonyl (C=O) groups excluding carboxylic acids is 2. The van der Waals surface area contributed by atoms with Crippen LogP contribution in [0, 0.1) is 0 Å². The Morgan fingerprint density at radius 2 is 1.74 bits per heavy atom. The van der Waals surface area contributed by atoms with E-state index in [0.717, 1.165) is 16.6 Å². The number of carbonyl (C=O) groups is 2. The first-order valence-electron chi connectivity index (χ1n) is 9.52. The number of benzene rings is 3. The van der Waals surface area contributed by atoms with Crippen molar-refractivity contribution in [3.05, 3.63) is 95.0 Å². The summed E-state index contributed by atoms with van der Waals surface area (Å²) in [4.78, 5) is 32.2. The summed E-state index contributed by atoms with van der Waals surface area (Å²) in [6, 6.07) is 21.8. The van der Waals surface area contributed by atoms with Crippen molar-refractivity contribution in [3.8, 4) is 0 Å². The number of fused-ring (bicyclic) bond motifs is 1. The monoisotopic (exact) mass is 447 g/mol. The summed E-state index contributed by atoms with van der Waals surface area (Å²) in [5.41, 5.74) is 3.88. The number of ketones is 1. The highest BCUT2D eigenvalue weighted by Crippen LogP contribution is 2.20. The Balaban J connectivity index is 1.30. The minimum Gasteiger partial charge on any atom is -0.333 e. The minimum absolute atomic E-state index is 0.117. The van der Waals surface area contributed by atoms with E-state index < -0.39 is 0 Å². The molecule has 2 N–H and O–H groups in total. The Morgan fingerprint density at radius 3 is 2.48 bits per heavy atom. The van der Waals surface area contributed by atoms with Gasteiger partial charge in [-0.25, -0.2) is 4.98 Å². The molecule has 5 nitrogen and oxygen atoms in total. The number of H-pyrrole nitrogens is 1. The van der Waals surface area contributed by atoms with E-state index in [9.17, 15) is 9.59 Å². The van der Waals surface area contributed by atoms with Crippen LogP contribution in [0.1, 0.15) is 15.9 Å². The van der Waals surface area contributed by atoms with Crippen LogP contribution in [0.3, 0.4) is 0 Å². The average Bonchev–Trinajstić information content (AvgIpc) is 3.21. The van der Waals surface area contributed by atoms with E-state index in [1.54, 1.807) is 42.5 Å². The molecule has 0 unspecified atom stereocenters. The summed E-state index contributed by atoms with van der Waals surface area (Å²) < 4.78 is 0. The van der Waals surface area contributed by atoms with Crippen molar-refractivity contribution in [3.63, 3.8) is 0 Å². The number of hydrogen-bond acceptors (Lipinski definition) is 4. The molecule has 0 aliphatic rings. The largest absolute Gasteiger partial charge is 0.333 e. The molecule has 0 spiro atoms. The number of rotatable bonds is 7. The van der Waals surface area contributed by atoms with Crippen LogP contribution >= 0.6 is 23.4 Å². The summed E-state index contributed by atoms with van der Waals surface area (Å²) in [7, 11) is 0. The Kier molecular flexibility index (Phi) is 6.50. The molecule has 3 aromatic carbocycles. The Hall–Kier alpha value is -3.35. The minimum atomic E-state index is -0.146. The van der Waals surface area contributed by atoms with Crippen LogP contribution in [0.4, 0.5) is 5.69 Å². The van der Waals surface area contributed by atoms with Crippen LogP contribution in [0.15, 0.2) is 84.0 Å². The number of halogens is 1. The smallest absolute Gasteiger partial charge is 0.234 e. The van der Waals surface area contributed by atoms with Crippen molar-refractivity contribution < 1.29 is 9.59 Å². The Bertz CT molecular complexity index is 1220. The fraction of sp³-hybridized carbons (Fsp3) is 0.0417. The maximum atomic E-state index is 12.3. The molecule has 0 fully saturated rings. The number of para-hydroxylation sites is 2. The second-order valence-electron chi connectivity index (χ2n) is 6.72. The molecule has 0 atom stereocenters. The quantitative estimate of drug-likeness (QED) is 0.212. The van der Waals surface area contributed by atoms with E-state index in [1.807, 2.05) is 36.4 Å². The number of nitrogens with one attached hydrogen (secondary N) is 2. The van der Waals surface area contributed by atoms with Gasteiger partial charge in [0.2, 0.25) is 5.91 Å². The van der Waals surface area contributed by atoms with Gasteiger partial charge in [0.15, 0.2) is 10.9 Å². The van der Waals surface area contributed by atoms with E-state index in [1.165, 1.54) is 17.8 Å². The molecule has 4 aromatic rings. The molecule has 1 aromatic heterocycles. The van der Waals surface area contributed by atoms with Gasteiger partial charge in [-0.1, -0.05) is 53.7 Å². The molecule has 0 saturated heterocycles. The second-order valence-corrected chi connectivity index (χ2v) is 8.12. The number of hydrogen-bond donors (Lipinski definition) is 2. The van der Waals surface area contributed by atoms with Crippen molar-refractivity contribution in [2.45, 2.75) is 5.16 Å². The first-order valence-corrected chi connectivity index (χ1v) is 10.9. The average molecular weight is 448 g/mol. The summed E-state index contributed by atoms with van der Waals surface area (Å²) in [6.07, 6.45) is 3.25. The molecule has 154 valence electrons. The van der Waals surface area contributed by atoms with Gasteiger partial charge in [-0.15, -0.1) is 0 Å². The zero-order chi connectivity index (χ0) is 21.6. The third kappa shape index (κ3) is 5.63. The zero-order valence-electron chi connectivity index (χ0n) is 16.3. The number of anilines is 1. The molecule has 0 aliphatic carbocycles. The van der Waals surface area contributed by atoms with Gasteiger partial charge in [-0.05, 0) is 60.2 Å². The number of nitrogens with zero attached hydrogens (tertiary/aromatic N) is 1. The Morgan fingerprint density at radius 1 is 1.00 bits per heavy atom. The number of aromatic amines is 1. The maximum Gasteiger partial charge on any atom is 0.234 e. The molecule has 7 heteroatoms. The molecular weight excluding hydrogens is 430 g/mol. The third-order valence-corrected chi connectivity index (χ3v) is 5.58. The van der Waals surface area contributed by atoms with Crippen LogP contribution in [0.25, 0.3) is 17.1 Å². The van der Waals surface area contributed by atoms with E-state index in [-0.39, 0.29) is 17.4 Å². The van der Waals surface area contributed by atoms with Gasteiger partial charge in [0, 0.05) is 16.3 Å². The van der Waals surface area contributed by atoms with Gasteiger partial charge in [0.05, 0.1) is 16.8 Å². The lowest BCUT2D eigenvalue weighted by Crippen LogP contribution is -2.14. The predicted octanol–water partition coefficient (Wildman–Crippen LogP) is 5.84. The van der Waals surface area contributed by atoms with Crippen molar-refractivity contribution in [1.82, 2.24) is 9.97 Å².